The first-order valence-electron chi connectivity index (χ1n) is 33.4. The summed E-state index contributed by atoms with van der Waals surface area (Å²) in [7, 11) is 17.6. The quantitative estimate of drug-likeness (QED) is 0.0439. The molecule has 2 N–H and O–H groups in total. The van der Waals surface area contributed by atoms with Crippen LogP contribution in [-0.2, 0) is 0 Å². The molecule has 0 radical (unpaired) electrons. The third-order valence-electron chi connectivity index (χ3n) is 16.3. The van der Waals surface area contributed by atoms with E-state index < -0.39 is 0 Å². The number of nitrogens with zero attached hydrogens (tertiary/aromatic N) is 8. The molecule has 0 aliphatic carbocycles. The third kappa shape index (κ3) is 25.9. The van der Waals surface area contributed by atoms with Crippen LogP contribution >= 0.6 is 61.1 Å². The van der Waals surface area contributed by atoms with Crippen LogP contribution in [0.1, 0.15) is 196 Å². The van der Waals surface area contributed by atoms with E-state index in [1.807, 2.05) is 80.0 Å². The van der Waals surface area contributed by atoms with Crippen LogP contribution in [0, 0.1) is 49.6 Å². The van der Waals surface area contributed by atoms with Gasteiger partial charge in [-0.2, -0.15) is 0 Å². The van der Waals surface area contributed by atoms with Gasteiger partial charge in [0.25, 0.3) is 0 Å². The third-order valence-corrected chi connectivity index (χ3v) is 18.2. The van der Waals surface area contributed by atoms with Gasteiger partial charge in [0.05, 0.1) is 28.4 Å². The monoisotopic (exact) mass is 1370 g/mol. The largest absolute Gasteiger partial charge is 0.383 e. The van der Waals surface area contributed by atoms with Crippen LogP contribution < -0.4 is 77.0 Å². The Bertz CT molecular complexity index is 3450. The van der Waals surface area contributed by atoms with Gasteiger partial charge in [-0.05, 0) is 119 Å². The summed E-state index contributed by atoms with van der Waals surface area (Å²) < 4.78 is 2.42. The molecule has 92 heavy (non-hydrogen) atoms. The molecule has 15 nitrogen and oxygen atoms in total. The molecule has 20 heteroatoms. The van der Waals surface area contributed by atoms with Gasteiger partial charge >= 0.3 is 0 Å². The molecule has 0 fully saturated rings. The van der Waals surface area contributed by atoms with Gasteiger partial charge in [-0.1, -0.05) is 165 Å². The minimum atomic E-state index is -0.0276. The van der Waals surface area contributed by atoms with Crippen molar-refractivity contribution in [3.05, 3.63) is 73.7 Å². The SMILES string of the molecule is CCN(C)c1c(N(C)CCCC(C)(C)C)c(=S)c1=O.CCN(CC)c1c(N(C)CCCC(C)(C)C)c(=S)c1=O.CCNc1c(N(C)CCCC(C)(C)C)c(=S)c1=O.CN(C)c1c(N(C)CCCC(C)(C)C)c(=S)c1=O.CNc1c(N(C)CCCC(C)(C)C)c(=S)c1=O. The Hall–Kier alpha value is -4.50. The standard InChI is InChI=1S/C16H28N2OS.C15H26N2OS.2C14H24N2OS.C13H22N2OS/c1-7-18(8-2)12-13(15(20)14(12)19)17(6)11-9-10-16(3,4)5;1-7-16(5)11-12(14(19)13(11)18)17(6)10-8-9-15(2,3)4;1-14(2,3)8-7-9-16(6)11-10(15(4)5)12(17)13(11)18;1-6-15-10-11(13(18)12(10)17)16(5)9-7-8-14(2,3)4;1-13(2,3)7-6-8-15(5)10-9(14-4)11(16)12(10)17/h7-11H2,1-6H3;7-10H2,1-6H3;7-9H2,1-6H3;15H,6-9H2,1-5H3;14H,6-8H2,1-5H3. The first-order valence-corrected chi connectivity index (χ1v) is 35.4. The zero-order valence-corrected chi connectivity index (χ0v) is 66.7. The minimum absolute atomic E-state index is 0.00710. The van der Waals surface area contributed by atoms with Crippen LogP contribution in [0.25, 0.3) is 0 Å². The molecule has 0 unspecified atom stereocenters. The van der Waals surface area contributed by atoms with Crippen molar-refractivity contribution in [3.63, 3.8) is 0 Å². The Morgan fingerprint density at radius 3 is 0.837 bits per heavy atom. The summed E-state index contributed by atoms with van der Waals surface area (Å²) in [6.07, 6.45) is 11.4. The highest BCUT2D eigenvalue weighted by Gasteiger charge is 2.28. The molecular weight excluding hydrogens is 1250 g/mol. The molecule has 0 aliphatic rings. The molecule has 0 saturated heterocycles. The second-order valence-corrected chi connectivity index (χ2v) is 33.2. The minimum Gasteiger partial charge on any atom is -0.383 e. The van der Waals surface area contributed by atoms with Crippen LogP contribution in [0.5, 0.6) is 0 Å². The molecule has 5 aromatic carbocycles. The zero-order chi connectivity index (χ0) is 71.5. The van der Waals surface area contributed by atoms with E-state index in [2.05, 4.69) is 158 Å². The van der Waals surface area contributed by atoms with Gasteiger partial charge in [-0.25, -0.2) is 0 Å². The Balaban J connectivity index is 0.000000576. The Morgan fingerprint density at radius 2 is 0.565 bits per heavy atom. The lowest BCUT2D eigenvalue weighted by atomic mass is 9.90. The summed E-state index contributed by atoms with van der Waals surface area (Å²) in [5.74, 6) is 0. The second-order valence-electron chi connectivity index (χ2n) is 31.1. The van der Waals surface area contributed by atoms with E-state index in [0.29, 0.717) is 61.0 Å². The van der Waals surface area contributed by atoms with E-state index in [-0.39, 0.29) is 27.1 Å². The van der Waals surface area contributed by atoms with Crippen LogP contribution in [0.3, 0.4) is 0 Å². The molecule has 0 spiro atoms. The maximum absolute atomic E-state index is 12.0. The topological polar surface area (TPSA) is 135 Å². The lowest BCUT2D eigenvalue weighted by Crippen LogP contribution is -2.36. The van der Waals surface area contributed by atoms with E-state index in [4.69, 9.17) is 61.1 Å². The van der Waals surface area contributed by atoms with Crippen molar-refractivity contribution in [2.45, 2.75) is 196 Å². The summed E-state index contributed by atoms with van der Waals surface area (Å²) in [6.45, 7) is 49.8. The number of hydrogen-bond acceptors (Lipinski definition) is 20. The summed E-state index contributed by atoms with van der Waals surface area (Å²) in [5.41, 5.74) is 10.2. The molecule has 0 aliphatic heterocycles. The number of nitrogens with one attached hydrogen (secondary N) is 2. The van der Waals surface area contributed by atoms with Gasteiger partial charge in [0, 0.05) is 122 Å². The highest BCUT2D eigenvalue weighted by Crippen LogP contribution is 2.35. The van der Waals surface area contributed by atoms with Crippen LogP contribution in [0.2, 0.25) is 0 Å². The average Bonchev–Trinajstić information content (AvgIpc) is 0.798. The molecule has 0 bridgehead atoms. The number of hydrogen-bond donors (Lipinski definition) is 2. The van der Waals surface area contributed by atoms with Crippen molar-refractivity contribution in [3.8, 4) is 0 Å². The molecule has 0 heterocycles. The Labute approximate surface area is 582 Å². The summed E-state index contributed by atoms with van der Waals surface area (Å²) in [5, 5.41) is 6.02. The van der Waals surface area contributed by atoms with Gasteiger partial charge in [-0.3, -0.25) is 24.0 Å². The highest BCUT2D eigenvalue weighted by molar-refractivity contribution is 7.72. The smallest absolute Gasteiger partial charge is 0.224 e. The first kappa shape index (κ1) is 85.5. The lowest BCUT2D eigenvalue weighted by molar-refractivity contribution is 0.367. The zero-order valence-electron chi connectivity index (χ0n) is 62.6. The number of rotatable bonds is 29. The predicted molar refractivity (Wildman–Crippen MR) is 420 cm³/mol. The average molecular weight is 1370 g/mol. The van der Waals surface area contributed by atoms with Crippen molar-refractivity contribution in [1.82, 2.24) is 0 Å². The Kier molecular flexibility index (Phi) is 34.5. The van der Waals surface area contributed by atoms with Gasteiger partial charge in [0.1, 0.15) is 51.0 Å². The molecule has 522 valence electrons. The lowest BCUT2D eigenvalue weighted by Gasteiger charge is -2.31. The Morgan fingerprint density at radius 1 is 0.315 bits per heavy atom. The van der Waals surface area contributed by atoms with Crippen molar-refractivity contribution in [2.24, 2.45) is 27.1 Å². The molecular formula is C72H124N10O5S5. The fourth-order valence-electron chi connectivity index (χ4n) is 10.8. The summed E-state index contributed by atoms with van der Waals surface area (Å²) >= 11 is 25.8. The van der Waals surface area contributed by atoms with E-state index in [1.165, 1.54) is 32.1 Å². The molecule has 0 saturated carbocycles. The van der Waals surface area contributed by atoms with Crippen molar-refractivity contribution in [1.29, 1.82) is 0 Å². The van der Waals surface area contributed by atoms with Gasteiger partial charge in [0.15, 0.2) is 0 Å². The molecule has 0 atom stereocenters. The van der Waals surface area contributed by atoms with Crippen molar-refractivity contribution >= 4 is 118 Å². The van der Waals surface area contributed by atoms with Crippen LogP contribution in [0.15, 0.2) is 24.0 Å². The van der Waals surface area contributed by atoms with Crippen LogP contribution in [0.4, 0.5) is 56.9 Å². The normalized spacial score (nSPS) is 11.9. The maximum atomic E-state index is 12.0. The first-order chi connectivity index (χ1) is 42.1. The second kappa shape index (κ2) is 37.1. The van der Waals surface area contributed by atoms with E-state index >= 15 is 0 Å². The van der Waals surface area contributed by atoms with Crippen molar-refractivity contribution in [2.75, 3.05) is 172 Å². The molecule has 0 amide bonds. The number of anilines is 10. The predicted octanol–water partition coefficient (Wildman–Crippen LogP) is 16.4. The van der Waals surface area contributed by atoms with Crippen molar-refractivity contribution < 1.29 is 0 Å². The van der Waals surface area contributed by atoms with Crippen LogP contribution in [-0.4, -0.2) is 122 Å². The van der Waals surface area contributed by atoms with Gasteiger partial charge < -0.3 is 49.8 Å². The van der Waals surface area contributed by atoms with Gasteiger partial charge in [0.2, 0.25) is 27.1 Å². The highest BCUT2D eigenvalue weighted by atomic mass is 32.1. The van der Waals surface area contributed by atoms with E-state index in [1.54, 1.807) is 7.05 Å². The van der Waals surface area contributed by atoms with E-state index in [0.717, 1.165) is 137 Å². The summed E-state index contributed by atoms with van der Waals surface area (Å²) in [4.78, 5) is 75.1. The summed E-state index contributed by atoms with van der Waals surface area (Å²) in [6, 6.07) is 0. The molecule has 5 rings (SSSR count). The fourth-order valence-corrected chi connectivity index (χ4v) is 12.5. The fraction of sp³-hybridized carbons (Fsp3) is 0.722. The van der Waals surface area contributed by atoms with Gasteiger partial charge in [-0.15, -0.1) is 0 Å². The molecule has 5 aromatic rings. The maximum Gasteiger partial charge on any atom is 0.224 e. The van der Waals surface area contributed by atoms with E-state index in [9.17, 15) is 24.0 Å². The molecule has 0 aromatic heterocycles.